The molecular formula is C16H13BrN2. The Hall–Kier alpha value is -1.79. The van der Waals surface area contributed by atoms with Crippen LogP contribution in [-0.4, -0.2) is 6.04 Å². The molecule has 1 aliphatic rings. The van der Waals surface area contributed by atoms with Gasteiger partial charge in [-0.1, -0.05) is 46.3 Å². The number of nitrogens with one attached hydrogen (secondary N) is 1. The van der Waals surface area contributed by atoms with Crippen LogP contribution in [0.1, 0.15) is 23.5 Å². The molecule has 19 heavy (non-hydrogen) atoms. The van der Waals surface area contributed by atoms with Gasteiger partial charge in [-0.15, -0.1) is 0 Å². The van der Waals surface area contributed by atoms with Gasteiger partial charge in [-0.3, -0.25) is 0 Å². The Balaban J connectivity index is 1.75. The summed E-state index contributed by atoms with van der Waals surface area (Å²) >= 11 is 3.45. The first kappa shape index (κ1) is 12.3. The van der Waals surface area contributed by atoms with Crippen molar-refractivity contribution in [3.05, 3.63) is 64.1 Å². The quantitative estimate of drug-likeness (QED) is 0.917. The smallest absolute Gasteiger partial charge is 0.101 e. The van der Waals surface area contributed by atoms with Gasteiger partial charge in [0.1, 0.15) is 6.07 Å². The van der Waals surface area contributed by atoms with Crippen molar-refractivity contribution in [2.24, 2.45) is 0 Å². The molecular weight excluding hydrogens is 300 g/mol. The van der Waals surface area contributed by atoms with E-state index in [1.807, 2.05) is 24.3 Å². The summed E-state index contributed by atoms with van der Waals surface area (Å²) in [5.74, 6) is 0.562. The van der Waals surface area contributed by atoms with E-state index >= 15 is 0 Å². The van der Waals surface area contributed by atoms with Gasteiger partial charge in [0.15, 0.2) is 0 Å². The summed E-state index contributed by atoms with van der Waals surface area (Å²) in [4.78, 5) is 0. The summed E-state index contributed by atoms with van der Waals surface area (Å²) in [6.45, 7) is 0. The van der Waals surface area contributed by atoms with Gasteiger partial charge in [-0.05, 0) is 30.2 Å². The van der Waals surface area contributed by atoms with Crippen molar-refractivity contribution in [3.63, 3.8) is 0 Å². The molecule has 1 aliphatic carbocycles. The minimum absolute atomic E-state index is 0.434. The number of benzene rings is 2. The Kier molecular flexibility index (Phi) is 3.27. The zero-order valence-corrected chi connectivity index (χ0v) is 11.9. The fraction of sp³-hybridized carbons (Fsp3) is 0.188. The highest BCUT2D eigenvalue weighted by Gasteiger charge is 2.38. The number of anilines is 1. The van der Waals surface area contributed by atoms with Crippen LogP contribution in [0.15, 0.2) is 53.0 Å². The summed E-state index contributed by atoms with van der Waals surface area (Å²) in [6.07, 6.45) is 1.13. The summed E-state index contributed by atoms with van der Waals surface area (Å²) in [7, 11) is 0. The molecule has 94 valence electrons. The van der Waals surface area contributed by atoms with Crippen molar-refractivity contribution >= 4 is 21.6 Å². The predicted molar refractivity (Wildman–Crippen MR) is 80.1 cm³/mol. The second-order valence-corrected chi connectivity index (χ2v) is 5.72. The molecule has 1 N–H and O–H groups in total. The van der Waals surface area contributed by atoms with Crippen LogP contribution >= 0.6 is 15.9 Å². The number of halogens is 1. The maximum Gasteiger partial charge on any atom is 0.101 e. The van der Waals surface area contributed by atoms with Gasteiger partial charge in [0.2, 0.25) is 0 Å². The van der Waals surface area contributed by atoms with E-state index in [0.717, 1.165) is 16.6 Å². The van der Waals surface area contributed by atoms with Crippen LogP contribution in [0.2, 0.25) is 0 Å². The maximum absolute atomic E-state index is 9.12. The Labute approximate surface area is 121 Å². The lowest BCUT2D eigenvalue weighted by Crippen LogP contribution is -2.05. The monoisotopic (exact) mass is 312 g/mol. The van der Waals surface area contributed by atoms with Crippen molar-refractivity contribution < 1.29 is 0 Å². The fourth-order valence-electron chi connectivity index (χ4n) is 2.36. The molecule has 2 nitrogen and oxygen atoms in total. The SMILES string of the molecule is N#Cc1ccc(Br)cc1NC1CC1c1ccccc1. The molecule has 0 saturated heterocycles. The third-order valence-corrected chi connectivity index (χ3v) is 3.95. The lowest BCUT2D eigenvalue weighted by molar-refractivity contribution is 1.04. The van der Waals surface area contributed by atoms with Gasteiger partial charge in [0.05, 0.1) is 11.3 Å². The topological polar surface area (TPSA) is 35.8 Å². The van der Waals surface area contributed by atoms with E-state index in [4.69, 9.17) is 5.26 Å². The Bertz CT molecular complexity index is 631. The van der Waals surface area contributed by atoms with Crippen LogP contribution in [0.4, 0.5) is 5.69 Å². The van der Waals surface area contributed by atoms with Gasteiger partial charge in [0, 0.05) is 16.4 Å². The van der Waals surface area contributed by atoms with Gasteiger partial charge < -0.3 is 5.32 Å². The lowest BCUT2D eigenvalue weighted by Gasteiger charge is -2.08. The summed E-state index contributed by atoms with van der Waals surface area (Å²) in [6, 6.07) is 18.9. The van der Waals surface area contributed by atoms with Crippen molar-refractivity contribution in [2.75, 3.05) is 5.32 Å². The summed E-state index contributed by atoms with van der Waals surface area (Å²) in [5, 5.41) is 12.6. The Morgan fingerprint density at radius 3 is 2.68 bits per heavy atom. The second kappa shape index (κ2) is 5.07. The van der Waals surface area contributed by atoms with E-state index in [1.165, 1.54) is 5.56 Å². The molecule has 2 aromatic rings. The fourth-order valence-corrected chi connectivity index (χ4v) is 2.72. The molecule has 2 unspecified atom stereocenters. The number of nitrogens with zero attached hydrogens (tertiary/aromatic N) is 1. The highest BCUT2D eigenvalue weighted by Crippen LogP contribution is 2.43. The standard InChI is InChI=1S/C16H13BrN2/c17-13-7-6-12(10-18)15(8-13)19-16-9-14(16)11-4-2-1-3-5-11/h1-8,14,16,19H,9H2. The number of hydrogen-bond donors (Lipinski definition) is 1. The zero-order valence-electron chi connectivity index (χ0n) is 10.3. The first-order valence-electron chi connectivity index (χ1n) is 6.29. The van der Waals surface area contributed by atoms with E-state index in [9.17, 15) is 0 Å². The molecule has 1 fully saturated rings. The van der Waals surface area contributed by atoms with Crippen molar-refractivity contribution in [1.29, 1.82) is 5.26 Å². The molecule has 0 aliphatic heterocycles. The van der Waals surface area contributed by atoms with E-state index in [1.54, 1.807) is 0 Å². The molecule has 1 saturated carbocycles. The third-order valence-electron chi connectivity index (χ3n) is 3.46. The average Bonchev–Trinajstić information content (AvgIpc) is 3.19. The van der Waals surface area contributed by atoms with Crippen molar-refractivity contribution in [2.45, 2.75) is 18.4 Å². The molecule has 0 bridgehead atoms. The minimum atomic E-state index is 0.434. The molecule has 2 atom stereocenters. The van der Waals surface area contributed by atoms with Gasteiger partial charge in [-0.2, -0.15) is 5.26 Å². The summed E-state index contributed by atoms with van der Waals surface area (Å²) in [5.41, 5.74) is 2.98. The normalized spacial score (nSPS) is 20.6. The van der Waals surface area contributed by atoms with Crippen LogP contribution in [-0.2, 0) is 0 Å². The minimum Gasteiger partial charge on any atom is -0.381 e. The van der Waals surface area contributed by atoms with Gasteiger partial charge in [0.25, 0.3) is 0 Å². The van der Waals surface area contributed by atoms with Crippen molar-refractivity contribution in [1.82, 2.24) is 0 Å². The van der Waals surface area contributed by atoms with Crippen LogP contribution in [0.5, 0.6) is 0 Å². The molecule has 2 aromatic carbocycles. The highest BCUT2D eigenvalue weighted by atomic mass is 79.9. The van der Waals surface area contributed by atoms with Gasteiger partial charge >= 0.3 is 0 Å². The van der Waals surface area contributed by atoms with E-state index in [0.29, 0.717) is 17.5 Å². The molecule has 0 amide bonds. The van der Waals surface area contributed by atoms with Crippen LogP contribution in [0.3, 0.4) is 0 Å². The first-order chi connectivity index (χ1) is 9.28. The largest absolute Gasteiger partial charge is 0.381 e. The molecule has 0 radical (unpaired) electrons. The molecule has 3 heteroatoms. The zero-order chi connectivity index (χ0) is 13.2. The van der Waals surface area contributed by atoms with Crippen molar-refractivity contribution in [3.8, 4) is 6.07 Å². The summed E-state index contributed by atoms with van der Waals surface area (Å²) < 4.78 is 0.992. The van der Waals surface area contributed by atoms with Gasteiger partial charge in [-0.25, -0.2) is 0 Å². The lowest BCUT2D eigenvalue weighted by atomic mass is 10.1. The Morgan fingerprint density at radius 2 is 1.95 bits per heavy atom. The van der Waals surface area contributed by atoms with E-state index in [2.05, 4.69) is 51.6 Å². The molecule has 0 aromatic heterocycles. The number of rotatable bonds is 3. The predicted octanol–water partition coefficient (Wildman–Crippen LogP) is 4.29. The average molecular weight is 313 g/mol. The number of hydrogen-bond acceptors (Lipinski definition) is 2. The Morgan fingerprint density at radius 1 is 1.16 bits per heavy atom. The van der Waals surface area contributed by atoms with Crippen LogP contribution < -0.4 is 5.32 Å². The highest BCUT2D eigenvalue weighted by molar-refractivity contribution is 9.10. The van der Waals surface area contributed by atoms with E-state index in [-0.39, 0.29) is 0 Å². The van der Waals surface area contributed by atoms with Crippen LogP contribution in [0, 0.1) is 11.3 Å². The maximum atomic E-state index is 9.12. The first-order valence-corrected chi connectivity index (χ1v) is 7.08. The molecule has 0 spiro atoms. The molecule has 0 heterocycles. The second-order valence-electron chi connectivity index (χ2n) is 4.81. The van der Waals surface area contributed by atoms with Crippen LogP contribution in [0.25, 0.3) is 0 Å². The van der Waals surface area contributed by atoms with E-state index < -0.39 is 0 Å². The third kappa shape index (κ3) is 2.64. The number of nitriles is 1. The molecule has 3 rings (SSSR count).